The van der Waals surface area contributed by atoms with Crippen LogP contribution in [-0.4, -0.2) is 40.8 Å². The molecular formula is C22H25ClN4O. The van der Waals surface area contributed by atoms with Crippen molar-refractivity contribution in [3.8, 4) is 0 Å². The fourth-order valence-electron chi connectivity index (χ4n) is 3.86. The highest BCUT2D eigenvalue weighted by molar-refractivity contribution is 6.30. The average Bonchev–Trinajstić information content (AvgIpc) is 3.10. The molecule has 28 heavy (non-hydrogen) atoms. The number of aryl methyl sites for hydroxylation is 1. The van der Waals surface area contributed by atoms with Crippen LogP contribution in [0, 0.1) is 0 Å². The van der Waals surface area contributed by atoms with Crippen LogP contribution < -0.4 is 5.32 Å². The third-order valence-electron chi connectivity index (χ3n) is 5.46. The molecule has 0 saturated carbocycles. The number of nitrogens with zero attached hydrogens (tertiary/aromatic N) is 3. The Morgan fingerprint density at radius 2 is 2.07 bits per heavy atom. The number of pyridine rings is 1. The minimum Gasteiger partial charge on any atom is -0.381 e. The largest absolute Gasteiger partial charge is 0.381 e. The molecule has 5 nitrogen and oxygen atoms in total. The molecule has 0 amide bonds. The van der Waals surface area contributed by atoms with E-state index in [0.717, 1.165) is 59.6 Å². The Morgan fingerprint density at radius 1 is 1.29 bits per heavy atom. The summed E-state index contributed by atoms with van der Waals surface area (Å²) in [6.45, 7) is 6.29. The maximum Gasteiger partial charge on any atom is 0.139 e. The molecule has 1 aliphatic heterocycles. The molecule has 0 aliphatic carbocycles. The first kappa shape index (κ1) is 18.8. The van der Waals surface area contributed by atoms with Crippen molar-refractivity contribution in [1.82, 2.24) is 14.5 Å². The highest BCUT2D eigenvalue weighted by Crippen LogP contribution is 2.33. The minimum atomic E-state index is 0.349. The topological polar surface area (TPSA) is 42.3 Å². The van der Waals surface area contributed by atoms with Gasteiger partial charge in [-0.25, -0.2) is 4.98 Å². The Balaban J connectivity index is 1.66. The smallest absolute Gasteiger partial charge is 0.139 e. The lowest BCUT2D eigenvalue weighted by Crippen LogP contribution is -2.35. The summed E-state index contributed by atoms with van der Waals surface area (Å²) in [7, 11) is 3.84. The number of aromatic nitrogens is 2. The van der Waals surface area contributed by atoms with Crippen LogP contribution >= 0.6 is 11.6 Å². The van der Waals surface area contributed by atoms with Crippen molar-refractivity contribution in [1.29, 1.82) is 0 Å². The first-order valence-corrected chi connectivity index (χ1v) is 9.88. The Morgan fingerprint density at radius 3 is 2.79 bits per heavy atom. The van der Waals surface area contributed by atoms with Crippen LogP contribution in [0.25, 0.3) is 16.6 Å². The number of likely N-dealkylation sites (tertiary alicyclic amines) is 1. The molecule has 2 aromatic heterocycles. The zero-order chi connectivity index (χ0) is 19.7. The van der Waals surface area contributed by atoms with Crippen molar-refractivity contribution >= 4 is 39.7 Å². The summed E-state index contributed by atoms with van der Waals surface area (Å²) in [5.41, 5.74) is 4.12. The molecule has 0 radical (unpaired) electrons. The molecule has 6 heteroatoms. The molecule has 0 spiro atoms. The molecule has 0 atom stereocenters. The van der Waals surface area contributed by atoms with E-state index >= 15 is 0 Å². The normalized spacial score (nSPS) is 15.2. The van der Waals surface area contributed by atoms with Crippen molar-refractivity contribution in [3.63, 3.8) is 0 Å². The molecule has 1 N–H and O–H groups in total. The molecule has 3 aromatic rings. The maximum absolute atomic E-state index is 6.12. The van der Waals surface area contributed by atoms with Crippen molar-refractivity contribution < 1.29 is 4.74 Å². The summed E-state index contributed by atoms with van der Waals surface area (Å²) >= 11 is 6.12. The second kappa shape index (κ2) is 7.86. The van der Waals surface area contributed by atoms with Gasteiger partial charge in [-0.3, -0.25) is 0 Å². The van der Waals surface area contributed by atoms with E-state index in [-0.39, 0.29) is 0 Å². The van der Waals surface area contributed by atoms with E-state index in [4.69, 9.17) is 21.3 Å². The van der Waals surface area contributed by atoms with Crippen LogP contribution in [0.15, 0.2) is 49.3 Å². The van der Waals surface area contributed by atoms with Crippen LogP contribution in [0.1, 0.15) is 18.4 Å². The van der Waals surface area contributed by atoms with Gasteiger partial charge in [0.05, 0.1) is 11.6 Å². The zero-order valence-corrected chi connectivity index (χ0v) is 17.0. The van der Waals surface area contributed by atoms with Gasteiger partial charge in [-0.15, -0.1) is 0 Å². The number of piperidine rings is 1. The first-order chi connectivity index (χ1) is 13.6. The number of hydrogen-bond donors (Lipinski definition) is 1. The van der Waals surface area contributed by atoms with Gasteiger partial charge in [-0.2, -0.15) is 0 Å². The van der Waals surface area contributed by atoms with E-state index in [2.05, 4.69) is 40.7 Å². The molecule has 1 aromatic carbocycles. The minimum absolute atomic E-state index is 0.349. The molecule has 4 rings (SSSR count). The number of hydrogen-bond acceptors (Lipinski definition) is 4. The lowest BCUT2D eigenvalue weighted by atomic mass is 10.0. The van der Waals surface area contributed by atoms with Crippen LogP contribution in [0.3, 0.4) is 0 Å². The predicted octanol–water partition coefficient (Wildman–Crippen LogP) is 5.05. The van der Waals surface area contributed by atoms with Crippen molar-refractivity contribution in [3.05, 3.63) is 59.9 Å². The summed E-state index contributed by atoms with van der Waals surface area (Å²) in [6, 6.07) is 9.74. The van der Waals surface area contributed by atoms with E-state index in [1.807, 2.05) is 30.5 Å². The van der Waals surface area contributed by atoms with Crippen molar-refractivity contribution in [2.45, 2.75) is 18.9 Å². The van der Waals surface area contributed by atoms with Gasteiger partial charge in [-0.05, 0) is 37.1 Å². The highest BCUT2D eigenvalue weighted by atomic mass is 35.5. The lowest BCUT2D eigenvalue weighted by Gasteiger charge is -2.34. The molecular weight excluding hydrogens is 372 g/mol. The summed E-state index contributed by atoms with van der Waals surface area (Å²) in [5.74, 6) is 0.813. The summed E-state index contributed by atoms with van der Waals surface area (Å²) < 4.78 is 7.62. The van der Waals surface area contributed by atoms with Gasteiger partial charge in [-0.1, -0.05) is 24.2 Å². The van der Waals surface area contributed by atoms with E-state index in [1.165, 1.54) is 0 Å². The number of halogens is 1. The monoisotopic (exact) mass is 396 g/mol. The van der Waals surface area contributed by atoms with Crippen LogP contribution in [0.2, 0.25) is 5.02 Å². The van der Waals surface area contributed by atoms with Gasteiger partial charge < -0.3 is 19.5 Å². The van der Waals surface area contributed by atoms with Crippen LogP contribution in [-0.2, 0) is 11.8 Å². The molecule has 1 saturated heterocycles. The predicted molar refractivity (Wildman–Crippen MR) is 116 cm³/mol. The van der Waals surface area contributed by atoms with Gasteiger partial charge in [0, 0.05) is 67.0 Å². The van der Waals surface area contributed by atoms with E-state index < -0.39 is 0 Å². The third-order valence-corrected chi connectivity index (χ3v) is 5.70. The highest BCUT2D eigenvalue weighted by Gasteiger charge is 2.22. The van der Waals surface area contributed by atoms with Crippen LogP contribution in [0.5, 0.6) is 0 Å². The number of fused-ring (bicyclic) bond motifs is 1. The molecule has 0 unspecified atom stereocenters. The number of benzene rings is 1. The molecule has 1 aliphatic rings. The van der Waals surface area contributed by atoms with Crippen molar-refractivity contribution in [2.24, 2.45) is 7.05 Å². The summed E-state index contributed by atoms with van der Waals surface area (Å²) in [4.78, 5) is 7.05. The van der Waals surface area contributed by atoms with Gasteiger partial charge in [0.1, 0.15) is 5.82 Å². The average molecular weight is 397 g/mol. The number of nitrogens with one attached hydrogen (secondary N) is 1. The maximum atomic E-state index is 6.12. The van der Waals surface area contributed by atoms with E-state index in [0.29, 0.717) is 11.1 Å². The SMILES string of the molecule is C=C(c1cnc(Nc2cccc(Cl)c2)c2ccn(C)c12)N1CCC(OC)CC1. The quantitative estimate of drug-likeness (QED) is 0.655. The first-order valence-electron chi connectivity index (χ1n) is 9.50. The number of anilines is 2. The fourth-order valence-corrected chi connectivity index (χ4v) is 4.05. The van der Waals surface area contributed by atoms with E-state index in [9.17, 15) is 0 Å². The van der Waals surface area contributed by atoms with Gasteiger partial charge in [0.2, 0.25) is 0 Å². The molecule has 1 fully saturated rings. The van der Waals surface area contributed by atoms with Gasteiger partial charge >= 0.3 is 0 Å². The molecule has 3 heterocycles. The molecule has 0 bridgehead atoms. The van der Waals surface area contributed by atoms with Crippen molar-refractivity contribution in [2.75, 3.05) is 25.5 Å². The molecule has 146 valence electrons. The summed E-state index contributed by atoms with van der Waals surface area (Å²) in [5, 5.41) is 5.15. The number of rotatable bonds is 5. The Labute approximate surface area is 170 Å². The Hall–Kier alpha value is -2.50. The summed E-state index contributed by atoms with van der Waals surface area (Å²) in [6.07, 6.45) is 6.37. The van der Waals surface area contributed by atoms with Gasteiger partial charge in [0.25, 0.3) is 0 Å². The van der Waals surface area contributed by atoms with Gasteiger partial charge in [0.15, 0.2) is 0 Å². The van der Waals surface area contributed by atoms with Crippen LogP contribution in [0.4, 0.5) is 11.5 Å². The fraction of sp³-hybridized carbons (Fsp3) is 0.318. The Bertz CT molecular complexity index is 1000. The number of methoxy groups -OCH3 is 1. The third kappa shape index (κ3) is 3.60. The number of ether oxygens (including phenoxy) is 1. The Kier molecular flexibility index (Phi) is 5.29. The lowest BCUT2D eigenvalue weighted by molar-refractivity contribution is 0.0558. The standard InChI is InChI=1S/C22H25ClN4O/c1-15(27-11-7-18(28-3)8-12-27)20-14-24-22(19-9-10-26(2)21(19)20)25-17-6-4-5-16(23)13-17/h4-6,9-10,13-14,18H,1,7-8,11-12H2,2-3H3,(H,24,25). The zero-order valence-electron chi connectivity index (χ0n) is 16.3. The van der Waals surface area contributed by atoms with E-state index in [1.54, 1.807) is 7.11 Å². The second-order valence-electron chi connectivity index (χ2n) is 7.21. The second-order valence-corrected chi connectivity index (χ2v) is 7.65.